The van der Waals surface area contributed by atoms with Crippen LogP contribution < -0.4 is 4.74 Å². The van der Waals surface area contributed by atoms with E-state index in [2.05, 4.69) is 0 Å². The van der Waals surface area contributed by atoms with Gasteiger partial charge in [0.05, 0.1) is 7.11 Å². The van der Waals surface area contributed by atoms with E-state index in [1.165, 1.54) is 13.2 Å². The maximum atomic E-state index is 13.1. The van der Waals surface area contributed by atoms with E-state index in [0.29, 0.717) is 11.3 Å². The molecule has 1 aliphatic heterocycles. The Labute approximate surface area is 79.1 Å². The van der Waals surface area contributed by atoms with Crippen molar-refractivity contribution in [2.45, 2.75) is 11.3 Å². The molecule has 1 aliphatic rings. The molecular weight excluding hydrogens is 191 g/mol. The molecule has 0 N–H and O–H groups in total. The van der Waals surface area contributed by atoms with Gasteiger partial charge in [-0.1, -0.05) is 11.8 Å². The minimum atomic E-state index is -0.413. The zero-order valence-corrected chi connectivity index (χ0v) is 7.78. The summed E-state index contributed by atoms with van der Waals surface area (Å²) < 4.78 is 17.9. The van der Waals surface area contributed by atoms with Gasteiger partial charge in [-0.3, -0.25) is 4.79 Å². The van der Waals surface area contributed by atoms with Crippen molar-refractivity contribution < 1.29 is 13.9 Å². The largest absolute Gasteiger partial charge is 0.494 e. The first-order chi connectivity index (χ1) is 6.20. The van der Waals surface area contributed by atoms with Crippen LogP contribution >= 0.6 is 11.8 Å². The van der Waals surface area contributed by atoms with E-state index in [1.807, 2.05) is 0 Å². The number of benzene rings is 1. The van der Waals surface area contributed by atoms with Gasteiger partial charge in [0.25, 0.3) is 0 Å². The third kappa shape index (κ3) is 1.42. The molecule has 13 heavy (non-hydrogen) atoms. The molecule has 0 unspecified atom stereocenters. The molecule has 0 atom stereocenters. The van der Waals surface area contributed by atoms with E-state index >= 15 is 0 Å². The Bertz CT molecular complexity index is 376. The summed E-state index contributed by atoms with van der Waals surface area (Å²) in [5, 5.41) is 0.0580. The van der Waals surface area contributed by atoms with Crippen molar-refractivity contribution in [1.82, 2.24) is 0 Å². The molecule has 68 valence electrons. The van der Waals surface area contributed by atoms with Gasteiger partial charge < -0.3 is 4.74 Å². The molecule has 2 rings (SSSR count). The SMILES string of the molecule is COc1cc2c(cc1F)SC(=O)C2. The number of fused-ring (bicyclic) bond motifs is 1. The topological polar surface area (TPSA) is 26.3 Å². The first-order valence-electron chi connectivity index (χ1n) is 3.78. The molecule has 0 aliphatic carbocycles. The van der Waals surface area contributed by atoms with Crippen LogP contribution in [-0.2, 0) is 11.2 Å². The molecule has 4 heteroatoms. The second-order valence-electron chi connectivity index (χ2n) is 2.75. The molecule has 2 nitrogen and oxygen atoms in total. The van der Waals surface area contributed by atoms with Crippen LogP contribution in [0.3, 0.4) is 0 Å². The fourth-order valence-corrected chi connectivity index (χ4v) is 2.18. The minimum Gasteiger partial charge on any atom is -0.494 e. The van der Waals surface area contributed by atoms with Crippen molar-refractivity contribution in [2.75, 3.05) is 7.11 Å². The Morgan fingerprint density at radius 1 is 1.54 bits per heavy atom. The maximum Gasteiger partial charge on any atom is 0.198 e. The third-order valence-corrected chi connectivity index (χ3v) is 2.87. The Hall–Kier alpha value is -1.03. The van der Waals surface area contributed by atoms with E-state index in [4.69, 9.17) is 4.74 Å². The van der Waals surface area contributed by atoms with Crippen LogP contribution in [0.25, 0.3) is 0 Å². The Morgan fingerprint density at radius 3 is 3.00 bits per heavy atom. The first kappa shape index (κ1) is 8.56. The zero-order chi connectivity index (χ0) is 9.42. The number of methoxy groups -OCH3 is 1. The highest BCUT2D eigenvalue weighted by atomic mass is 32.2. The van der Waals surface area contributed by atoms with Gasteiger partial charge in [-0.25, -0.2) is 4.39 Å². The smallest absolute Gasteiger partial charge is 0.198 e. The van der Waals surface area contributed by atoms with Gasteiger partial charge in [0.2, 0.25) is 0 Å². The molecule has 0 bridgehead atoms. The Morgan fingerprint density at radius 2 is 2.31 bits per heavy atom. The highest BCUT2D eigenvalue weighted by Crippen LogP contribution is 2.36. The molecule has 0 saturated heterocycles. The highest BCUT2D eigenvalue weighted by Gasteiger charge is 2.21. The van der Waals surface area contributed by atoms with Gasteiger partial charge in [-0.15, -0.1) is 0 Å². The summed E-state index contributed by atoms with van der Waals surface area (Å²) >= 11 is 1.09. The average molecular weight is 198 g/mol. The van der Waals surface area contributed by atoms with Crippen LogP contribution in [0.5, 0.6) is 5.75 Å². The van der Waals surface area contributed by atoms with Gasteiger partial charge in [-0.05, 0) is 17.7 Å². The summed E-state index contributed by atoms with van der Waals surface area (Å²) in [6.07, 6.45) is 0.372. The number of hydrogen-bond acceptors (Lipinski definition) is 3. The van der Waals surface area contributed by atoms with Crippen molar-refractivity contribution in [3.8, 4) is 5.75 Å². The summed E-state index contributed by atoms with van der Waals surface area (Å²) in [6, 6.07) is 2.94. The van der Waals surface area contributed by atoms with Crippen molar-refractivity contribution in [1.29, 1.82) is 0 Å². The second kappa shape index (κ2) is 3.03. The predicted octanol–water partition coefficient (Wildman–Crippen LogP) is 2.01. The van der Waals surface area contributed by atoms with Gasteiger partial charge >= 0.3 is 0 Å². The van der Waals surface area contributed by atoms with Gasteiger partial charge in [0.15, 0.2) is 16.7 Å². The number of halogens is 1. The van der Waals surface area contributed by atoms with E-state index in [9.17, 15) is 9.18 Å². The lowest BCUT2D eigenvalue weighted by atomic mass is 10.1. The fraction of sp³-hybridized carbons (Fsp3) is 0.222. The summed E-state index contributed by atoms with van der Waals surface area (Å²) in [6.45, 7) is 0. The van der Waals surface area contributed by atoms with Gasteiger partial charge in [0, 0.05) is 11.3 Å². The Balaban J connectivity index is 2.50. The van der Waals surface area contributed by atoms with Gasteiger partial charge in [0.1, 0.15) is 0 Å². The Kier molecular flexibility index (Phi) is 2.00. The lowest BCUT2D eigenvalue weighted by molar-refractivity contribution is -0.110. The first-order valence-corrected chi connectivity index (χ1v) is 4.59. The molecule has 0 radical (unpaired) electrons. The van der Waals surface area contributed by atoms with Crippen molar-refractivity contribution in [2.24, 2.45) is 0 Å². The van der Waals surface area contributed by atoms with Crippen molar-refractivity contribution in [3.63, 3.8) is 0 Å². The number of carbonyl (C=O) groups excluding carboxylic acids is 1. The fourth-order valence-electron chi connectivity index (χ4n) is 1.28. The van der Waals surface area contributed by atoms with E-state index in [-0.39, 0.29) is 10.9 Å². The number of ether oxygens (including phenoxy) is 1. The number of rotatable bonds is 1. The molecule has 0 spiro atoms. The molecule has 0 saturated carbocycles. The molecule has 0 aromatic heterocycles. The van der Waals surface area contributed by atoms with Crippen LogP contribution in [0, 0.1) is 5.82 Å². The quantitative estimate of drug-likeness (QED) is 0.690. The molecule has 0 fully saturated rings. The van der Waals surface area contributed by atoms with E-state index in [0.717, 1.165) is 17.3 Å². The average Bonchev–Trinajstić information content (AvgIpc) is 2.42. The van der Waals surface area contributed by atoms with Crippen LogP contribution in [0.15, 0.2) is 17.0 Å². The van der Waals surface area contributed by atoms with E-state index < -0.39 is 5.82 Å². The maximum absolute atomic E-state index is 13.1. The summed E-state index contributed by atoms with van der Waals surface area (Å²) in [5.74, 6) is -0.211. The van der Waals surface area contributed by atoms with Crippen LogP contribution in [0.4, 0.5) is 4.39 Å². The minimum absolute atomic E-state index is 0.0580. The predicted molar refractivity (Wildman–Crippen MR) is 47.5 cm³/mol. The lowest BCUT2D eigenvalue weighted by Crippen LogP contribution is -1.91. The van der Waals surface area contributed by atoms with Crippen molar-refractivity contribution >= 4 is 16.9 Å². The molecular formula is C9H7FO2S. The summed E-state index contributed by atoms with van der Waals surface area (Å²) in [4.78, 5) is 11.7. The zero-order valence-electron chi connectivity index (χ0n) is 6.96. The molecule has 0 amide bonds. The number of thioether (sulfide) groups is 1. The molecule has 1 aromatic rings. The second-order valence-corrected chi connectivity index (χ2v) is 3.84. The standard InChI is InChI=1S/C9H7FO2S/c1-12-7-2-5-3-9(11)13-8(5)4-6(7)10/h2,4H,3H2,1H3. The van der Waals surface area contributed by atoms with Crippen LogP contribution in [-0.4, -0.2) is 12.2 Å². The lowest BCUT2D eigenvalue weighted by Gasteiger charge is -2.03. The molecule has 1 heterocycles. The summed E-state index contributed by atoms with van der Waals surface area (Å²) in [7, 11) is 1.41. The van der Waals surface area contributed by atoms with Gasteiger partial charge in [-0.2, -0.15) is 0 Å². The number of hydrogen-bond donors (Lipinski definition) is 0. The van der Waals surface area contributed by atoms with Crippen molar-refractivity contribution in [3.05, 3.63) is 23.5 Å². The molecule has 1 aromatic carbocycles. The number of carbonyl (C=O) groups is 1. The summed E-state index contributed by atoms with van der Waals surface area (Å²) in [5.41, 5.74) is 0.855. The monoisotopic (exact) mass is 198 g/mol. The van der Waals surface area contributed by atoms with E-state index in [1.54, 1.807) is 6.07 Å². The highest BCUT2D eigenvalue weighted by molar-refractivity contribution is 8.14. The van der Waals surface area contributed by atoms with Crippen LogP contribution in [0.1, 0.15) is 5.56 Å². The third-order valence-electron chi connectivity index (χ3n) is 1.89. The van der Waals surface area contributed by atoms with Crippen LogP contribution in [0.2, 0.25) is 0 Å². The normalized spacial score (nSPS) is 14.5.